The van der Waals surface area contributed by atoms with Crippen LogP contribution in [-0.4, -0.2) is 38.8 Å². The summed E-state index contributed by atoms with van der Waals surface area (Å²) in [6.07, 6.45) is 0.838. The summed E-state index contributed by atoms with van der Waals surface area (Å²) in [7, 11) is 0. The van der Waals surface area contributed by atoms with Crippen molar-refractivity contribution < 1.29 is 9.53 Å². The fraction of sp³-hybridized carbons (Fsp3) is 0.500. The fourth-order valence-corrected chi connectivity index (χ4v) is 2.00. The van der Waals surface area contributed by atoms with Gasteiger partial charge in [-0.3, -0.25) is 4.79 Å². The maximum Gasteiger partial charge on any atom is 0.251 e. The molecule has 0 spiro atoms. The van der Waals surface area contributed by atoms with Gasteiger partial charge in [-0.25, -0.2) is 0 Å². The number of carbonyl (C=O) groups is 1. The molecular formula is C14H21N3O2. The van der Waals surface area contributed by atoms with Crippen LogP contribution < -0.4 is 16.0 Å². The van der Waals surface area contributed by atoms with Crippen LogP contribution in [0.5, 0.6) is 0 Å². The van der Waals surface area contributed by atoms with Crippen LogP contribution in [-0.2, 0) is 4.74 Å². The van der Waals surface area contributed by atoms with Gasteiger partial charge in [0.1, 0.15) is 0 Å². The number of anilines is 2. The summed E-state index contributed by atoms with van der Waals surface area (Å²) in [5.41, 5.74) is 2.73. The number of rotatable bonds is 6. The molecule has 0 unspecified atom stereocenters. The number of nitrogens with one attached hydrogen (secondary N) is 3. The average Bonchev–Trinajstić information content (AvgIpc) is 2.46. The normalized spacial score (nSPS) is 13.1. The first-order chi connectivity index (χ1) is 9.31. The van der Waals surface area contributed by atoms with Crippen molar-refractivity contribution in [2.75, 3.05) is 43.5 Å². The zero-order valence-corrected chi connectivity index (χ0v) is 11.3. The quantitative estimate of drug-likeness (QED) is 0.683. The Labute approximate surface area is 113 Å². The highest BCUT2D eigenvalue weighted by Gasteiger charge is 2.11. The number of hydrogen-bond donors (Lipinski definition) is 3. The van der Waals surface area contributed by atoms with Gasteiger partial charge in [0.05, 0.1) is 11.4 Å². The van der Waals surface area contributed by atoms with Crippen molar-refractivity contribution in [1.82, 2.24) is 5.32 Å². The summed E-state index contributed by atoms with van der Waals surface area (Å²) in [6.45, 7) is 5.81. The lowest BCUT2D eigenvalue weighted by atomic mass is 10.1. The van der Waals surface area contributed by atoms with E-state index in [0.29, 0.717) is 18.7 Å². The lowest BCUT2D eigenvalue weighted by molar-refractivity contribution is 0.0944. The number of amides is 1. The molecule has 3 N–H and O–H groups in total. The van der Waals surface area contributed by atoms with Gasteiger partial charge in [-0.15, -0.1) is 0 Å². The minimum Gasteiger partial charge on any atom is -0.382 e. The molecule has 0 radical (unpaired) electrons. The Hall–Kier alpha value is -1.75. The molecule has 19 heavy (non-hydrogen) atoms. The highest BCUT2D eigenvalue weighted by molar-refractivity contribution is 5.96. The number of fused-ring (bicyclic) bond motifs is 1. The Morgan fingerprint density at radius 2 is 2.11 bits per heavy atom. The van der Waals surface area contributed by atoms with Crippen LogP contribution in [0, 0.1) is 0 Å². The number of hydrogen-bond acceptors (Lipinski definition) is 4. The van der Waals surface area contributed by atoms with E-state index in [4.69, 9.17) is 4.74 Å². The molecular weight excluding hydrogens is 242 g/mol. The van der Waals surface area contributed by atoms with Gasteiger partial charge in [0.2, 0.25) is 0 Å². The molecule has 1 aliphatic heterocycles. The van der Waals surface area contributed by atoms with Crippen LogP contribution in [0.15, 0.2) is 18.2 Å². The van der Waals surface area contributed by atoms with Crippen molar-refractivity contribution in [3.05, 3.63) is 23.8 Å². The third-order valence-electron chi connectivity index (χ3n) is 2.99. The van der Waals surface area contributed by atoms with E-state index < -0.39 is 0 Å². The van der Waals surface area contributed by atoms with E-state index >= 15 is 0 Å². The van der Waals surface area contributed by atoms with E-state index in [1.165, 1.54) is 0 Å². The number of ether oxygens (including phenoxy) is 1. The first-order valence-electron chi connectivity index (χ1n) is 6.79. The van der Waals surface area contributed by atoms with Crippen molar-refractivity contribution in [1.29, 1.82) is 0 Å². The molecule has 1 aliphatic rings. The molecule has 0 atom stereocenters. The standard InChI is InChI=1S/C14H21N3O2/c1-2-19-9-3-6-17-14(18)11-4-5-12-13(10-11)16-8-7-15-12/h4-5,10,15-16H,2-3,6-9H2,1H3,(H,17,18). The van der Waals surface area contributed by atoms with Crippen LogP contribution >= 0.6 is 0 Å². The Balaban J connectivity index is 1.85. The van der Waals surface area contributed by atoms with Crippen molar-refractivity contribution in [3.63, 3.8) is 0 Å². The third-order valence-corrected chi connectivity index (χ3v) is 2.99. The van der Waals surface area contributed by atoms with Gasteiger partial charge in [0, 0.05) is 38.4 Å². The van der Waals surface area contributed by atoms with Gasteiger partial charge in [0.25, 0.3) is 5.91 Å². The van der Waals surface area contributed by atoms with Gasteiger partial charge in [0.15, 0.2) is 0 Å². The molecule has 1 amide bonds. The molecule has 0 saturated heterocycles. The molecule has 1 aromatic carbocycles. The molecule has 0 saturated carbocycles. The summed E-state index contributed by atoms with van der Waals surface area (Å²) < 4.78 is 5.23. The van der Waals surface area contributed by atoms with E-state index in [2.05, 4.69) is 16.0 Å². The molecule has 2 rings (SSSR count). The topological polar surface area (TPSA) is 62.4 Å². The SMILES string of the molecule is CCOCCCNC(=O)c1ccc2c(c1)NCCN2. The maximum atomic E-state index is 12.0. The van der Waals surface area contributed by atoms with E-state index in [1.54, 1.807) is 0 Å². The van der Waals surface area contributed by atoms with Crippen LogP contribution in [0.3, 0.4) is 0 Å². The Kier molecular flexibility index (Phi) is 5.03. The summed E-state index contributed by atoms with van der Waals surface area (Å²) >= 11 is 0. The molecule has 0 bridgehead atoms. The van der Waals surface area contributed by atoms with Crippen molar-refractivity contribution in [3.8, 4) is 0 Å². The zero-order chi connectivity index (χ0) is 13.5. The molecule has 0 aliphatic carbocycles. The molecule has 1 aromatic rings. The van der Waals surface area contributed by atoms with E-state index in [0.717, 1.165) is 37.5 Å². The second kappa shape index (κ2) is 6.99. The highest BCUT2D eigenvalue weighted by atomic mass is 16.5. The van der Waals surface area contributed by atoms with Crippen molar-refractivity contribution >= 4 is 17.3 Å². The lowest BCUT2D eigenvalue weighted by Crippen LogP contribution is -2.26. The molecule has 104 valence electrons. The molecule has 0 fully saturated rings. The second-order valence-corrected chi connectivity index (χ2v) is 4.42. The molecule has 5 heteroatoms. The zero-order valence-electron chi connectivity index (χ0n) is 11.3. The van der Waals surface area contributed by atoms with E-state index in [1.807, 2.05) is 25.1 Å². The Bertz CT molecular complexity index is 435. The van der Waals surface area contributed by atoms with Gasteiger partial charge in [-0.2, -0.15) is 0 Å². The average molecular weight is 263 g/mol. The lowest BCUT2D eigenvalue weighted by Gasteiger charge is -2.20. The second-order valence-electron chi connectivity index (χ2n) is 4.42. The third kappa shape index (κ3) is 3.86. The Morgan fingerprint density at radius 1 is 1.32 bits per heavy atom. The minimum absolute atomic E-state index is 0.0355. The monoisotopic (exact) mass is 263 g/mol. The number of benzene rings is 1. The summed E-state index contributed by atoms with van der Waals surface area (Å²) in [5, 5.41) is 9.46. The first kappa shape index (κ1) is 13.7. The van der Waals surface area contributed by atoms with Crippen molar-refractivity contribution in [2.24, 2.45) is 0 Å². The minimum atomic E-state index is -0.0355. The molecule has 0 aromatic heterocycles. The van der Waals surface area contributed by atoms with Gasteiger partial charge in [-0.05, 0) is 31.5 Å². The van der Waals surface area contributed by atoms with E-state index in [9.17, 15) is 4.79 Å². The maximum absolute atomic E-state index is 12.0. The van der Waals surface area contributed by atoms with Gasteiger partial charge < -0.3 is 20.7 Å². The van der Waals surface area contributed by atoms with Crippen molar-refractivity contribution in [2.45, 2.75) is 13.3 Å². The fourth-order valence-electron chi connectivity index (χ4n) is 2.00. The summed E-state index contributed by atoms with van der Waals surface area (Å²) in [5.74, 6) is -0.0355. The van der Waals surface area contributed by atoms with Gasteiger partial charge in [-0.1, -0.05) is 0 Å². The Morgan fingerprint density at radius 3 is 2.89 bits per heavy atom. The van der Waals surface area contributed by atoms with Crippen LogP contribution in [0.25, 0.3) is 0 Å². The molecule has 1 heterocycles. The number of carbonyl (C=O) groups excluding carboxylic acids is 1. The first-order valence-corrected chi connectivity index (χ1v) is 6.79. The smallest absolute Gasteiger partial charge is 0.251 e. The summed E-state index contributed by atoms with van der Waals surface area (Å²) in [4.78, 5) is 12.0. The largest absolute Gasteiger partial charge is 0.382 e. The molecule has 5 nitrogen and oxygen atoms in total. The van der Waals surface area contributed by atoms with E-state index in [-0.39, 0.29) is 5.91 Å². The predicted octanol–water partition coefficient (Wildman–Crippen LogP) is 1.68. The highest BCUT2D eigenvalue weighted by Crippen LogP contribution is 2.25. The summed E-state index contributed by atoms with van der Waals surface area (Å²) in [6, 6.07) is 5.67. The van der Waals surface area contributed by atoms with Crippen LogP contribution in [0.2, 0.25) is 0 Å². The predicted molar refractivity (Wildman–Crippen MR) is 76.9 cm³/mol. The van der Waals surface area contributed by atoms with Gasteiger partial charge >= 0.3 is 0 Å². The van der Waals surface area contributed by atoms with Crippen LogP contribution in [0.1, 0.15) is 23.7 Å². The van der Waals surface area contributed by atoms with Crippen LogP contribution in [0.4, 0.5) is 11.4 Å².